The summed E-state index contributed by atoms with van der Waals surface area (Å²) in [7, 11) is 0. The van der Waals surface area contributed by atoms with Gasteiger partial charge in [0.15, 0.2) is 5.82 Å². The maximum atomic E-state index is 5.69. The SMILES string of the molecule is c1ccc(-c2ccc3c(c2)c2c4c5ccccc5n5c6cc(-c7ccccc7)ccc6c(cc2n3-c2nc(-c3cc6ccccc6c6ccccc36)nc3ccccc23)c45)cc1. The summed E-state index contributed by atoms with van der Waals surface area (Å²) in [6.07, 6.45) is 0. The lowest BCUT2D eigenvalue weighted by molar-refractivity contribution is 1.08. The number of benzene rings is 10. The van der Waals surface area contributed by atoms with Crippen LogP contribution in [0, 0.1) is 0 Å². The number of rotatable bonds is 4. The second-order valence-corrected chi connectivity index (χ2v) is 16.5. The van der Waals surface area contributed by atoms with Crippen LogP contribution in [-0.4, -0.2) is 18.9 Å². The fourth-order valence-corrected chi connectivity index (χ4v) is 10.5. The van der Waals surface area contributed by atoms with Crippen LogP contribution < -0.4 is 0 Å². The molecule has 10 aromatic carbocycles. The van der Waals surface area contributed by atoms with Gasteiger partial charge in [0.25, 0.3) is 0 Å². The van der Waals surface area contributed by atoms with E-state index in [1.165, 1.54) is 87.3 Å². The molecule has 0 N–H and O–H groups in total. The normalized spacial score (nSPS) is 12.2. The Morgan fingerprint density at radius 2 is 0.968 bits per heavy atom. The monoisotopic (exact) mass is 786 g/mol. The Labute approximate surface area is 355 Å². The van der Waals surface area contributed by atoms with E-state index in [4.69, 9.17) is 9.97 Å². The molecule has 0 unspecified atom stereocenters. The maximum absolute atomic E-state index is 5.69. The quantitative estimate of drug-likeness (QED) is 0.167. The molecule has 0 saturated heterocycles. The summed E-state index contributed by atoms with van der Waals surface area (Å²) in [5.41, 5.74) is 12.6. The van der Waals surface area contributed by atoms with E-state index in [0.29, 0.717) is 5.82 Å². The first-order valence-electron chi connectivity index (χ1n) is 21.2. The molecule has 0 aliphatic heterocycles. The summed E-state index contributed by atoms with van der Waals surface area (Å²) in [4.78, 5) is 11.0. The van der Waals surface area contributed by atoms with Crippen LogP contribution in [0.3, 0.4) is 0 Å². The minimum absolute atomic E-state index is 0.706. The number of nitrogens with zero attached hydrogens (tertiary/aromatic N) is 4. The van der Waals surface area contributed by atoms with Crippen molar-refractivity contribution in [2.75, 3.05) is 0 Å². The lowest BCUT2D eigenvalue weighted by atomic mass is 9.97. The maximum Gasteiger partial charge on any atom is 0.162 e. The molecular formula is C58H34N4. The summed E-state index contributed by atoms with van der Waals surface area (Å²) in [5.74, 6) is 1.57. The zero-order chi connectivity index (χ0) is 40.5. The lowest BCUT2D eigenvalue weighted by Crippen LogP contribution is -2.03. The van der Waals surface area contributed by atoms with Crippen molar-refractivity contribution in [1.82, 2.24) is 18.9 Å². The van der Waals surface area contributed by atoms with E-state index in [1.54, 1.807) is 0 Å². The predicted molar refractivity (Wildman–Crippen MR) is 260 cm³/mol. The van der Waals surface area contributed by atoms with Crippen molar-refractivity contribution >= 4 is 92.3 Å². The van der Waals surface area contributed by atoms with Gasteiger partial charge >= 0.3 is 0 Å². The van der Waals surface area contributed by atoms with Gasteiger partial charge in [-0.25, -0.2) is 9.97 Å². The number of aromatic nitrogens is 4. The van der Waals surface area contributed by atoms with Gasteiger partial charge in [0, 0.05) is 43.3 Å². The van der Waals surface area contributed by atoms with Crippen molar-refractivity contribution < 1.29 is 0 Å². The van der Waals surface area contributed by atoms with Crippen molar-refractivity contribution in [2.45, 2.75) is 0 Å². The Hall–Kier alpha value is -8.34. The smallest absolute Gasteiger partial charge is 0.162 e. The molecule has 0 fully saturated rings. The molecule has 14 aromatic rings. The highest BCUT2D eigenvalue weighted by molar-refractivity contribution is 6.36. The highest BCUT2D eigenvalue weighted by atomic mass is 15.1. The Bertz CT molecular complexity index is 4140. The summed E-state index contributed by atoms with van der Waals surface area (Å²) < 4.78 is 4.93. The van der Waals surface area contributed by atoms with Crippen LogP contribution in [0.1, 0.15) is 0 Å². The fourth-order valence-electron chi connectivity index (χ4n) is 10.5. The van der Waals surface area contributed by atoms with Gasteiger partial charge < -0.3 is 4.40 Å². The van der Waals surface area contributed by atoms with Gasteiger partial charge in [0.2, 0.25) is 0 Å². The van der Waals surface area contributed by atoms with Crippen LogP contribution in [0.5, 0.6) is 0 Å². The molecule has 0 radical (unpaired) electrons. The van der Waals surface area contributed by atoms with E-state index in [0.717, 1.165) is 38.7 Å². The van der Waals surface area contributed by atoms with Crippen molar-refractivity contribution in [1.29, 1.82) is 0 Å². The van der Waals surface area contributed by atoms with Crippen LogP contribution in [0.2, 0.25) is 0 Å². The van der Waals surface area contributed by atoms with Crippen molar-refractivity contribution in [2.24, 2.45) is 0 Å². The van der Waals surface area contributed by atoms with Crippen LogP contribution >= 0.6 is 0 Å². The molecule has 0 amide bonds. The predicted octanol–water partition coefficient (Wildman–Crippen LogP) is 15.2. The molecule has 4 nitrogen and oxygen atoms in total. The zero-order valence-corrected chi connectivity index (χ0v) is 33.4. The number of hydrogen-bond acceptors (Lipinski definition) is 2. The molecule has 286 valence electrons. The van der Waals surface area contributed by atoms with E-state index in [-0.39, 0.29) is 0 Å². The highest BCUT2D eigenvalue weighted by Crippen LogP contribution is 2.48. The minimum atomic E-state index is 0.706. The Morgan fingerprint density at radius 1 is 0.323 bits per heavy atom. The van der Waals surface area contributed by atoms with Gasteiger partial charge in [-0.3, -0.25) is 4.57 Å². The molecule has 14 rings (SSSR count). The average Bonchev–Trinajstić information content (AvgIpc) is 3.98. The molecule has 0 spiro atoms. The second-order valence-electron chi connectivity index (χ2n) is 16.5. The van der Waals surface area contributed by atoms with E-state index < -0.39 is 0 Å². The zero-order valence-electron chi connectivity index (χ0n) is 33.4. The van der Waals surface area contributed by atoms with Crippen LogP contribution in [0.15, 0.2) is 206 Å². The average molecular weight is 787 g/mol. The molecule has 0 aliphatic carbocycles. The molecule has 0 atom stereocenters. The third kappa shape index (κ3) is 4.61. The van der Waals surface area contributed by atoms with E-state index >= 15 is 0 Å². The molecular weight excluding hydrogens is 753 g/mol. The van der Waals surface area contributed by atoms with Gasteiger partial charge in [0.05, 0.1) is 33.1 Å². The summed E-state index contributed by atoms with van der Waals surface area (Å²) in [6.45, 7) is 0. The second kappa shape index (κ2) is 12.6. The van der Waals surface area contributed by atoms with Crippen molar-refractivity contribution in [3.05, 3.63) is 206 Å². The van der Waals surface area contributed by atoms with Crippen molar-refractivity contribution in [3.63, 3.8) is 0 Å². The first kappa shape index (κ1) is 33.5. The Balaban J connectivity index is 1.16. The van der Waals surface area contributed by atoms with Crippen LogP contribution in [0.4, 0.5) is 0 Å². The number of hydrogen-bond donors (Lipinski definition) is 0. The van der Waals surface area contributed by atoms with E-state index in [1.807, 2.05) is 0 Å². The first-order chi connectivity index (χ1) is 30.8. The molecule has 4 aromatic heterocycles. The van der Waals surface area contributed by atoms with Crippen LogP contribution in [-0.2, 0) is 0 Å². The molecule has 62 heavy (non-hydrogen) atoms. The molecule has 0 bridgehead atoms. The molecule has 0 aliphatic rings. The summed E-state index contributed by atoms with van der Waals surface area (Å²) in [6, 6.07) is 74.8. The van der Waals surface area contributed by atoms with Gasteiger partial charge in [-0.1, -0.05) is 158 Å². The third-order valence-electron chi connectivity index (χ3n) is 13.2. The highest BCUT2D eigenvalue weighted by Gasteiger charge is 2.26. The molecule has 4 heterocycles. The van der Waals surface area contributed by atoms with E-state index in [2.05, 4.69) is 215 Å². The third-order valence-corrected chi connectivity index (χ3v) is 13.2. The Kier molecular flexibility index (Phi) is 6.80. The van der Waals surface area contributed by atoms with E-state index in [9.17, 15) is 0 Å². The minimum Gasteiger partial charge on any atom is -0.308 e. The first-order valence-corrected chi connectivity index (χ1v) is 21.2. The topological polar surface area (TPSA) is 35.1 Å². The van der Waals surface area contributed by atoms with Crippen LogP contribution in [0.25, 0.3) is 132 Å². The molecule has 4 heteroatoms. The number of para-hydroxylation sites is 2. The standard InChI is InChI=1S/C58H34N4/c1-3-15-35(16-4-1)37-28-30-51-48(31-37)54-53(34-46-43-29-27-38(36-17-5-2-6-18-36)33-52(43)61-50-26-14-12-24-45(50)55(54)56(46)61)62(51)58-44-23-11-13-25-49(44)59-57(60-58)47-32-39-19-7-8-20-40(39)41-21-9-10-22-42(41)47/h1-34H. The van der Waals surface area contributed by atoms with Gasteiger partial charge in [0.1, 0.15) is 5.82 Å². The largest absolute Gasteiger partial charge is 0.308 e. The summed E-state index contributed by atoms with van der Waals surface area (Å²) >= 11 is 0. The summed E-state index contributed by atoms with van der Waals surface area (Å²) in [5, 5.41) is 13.1. The lowest BCUT2D eigenvalue weighted by Gasteiger charge is -2.15. The number of fused-ring (bicyclic) bond motifs is 14. The van der Waals surface area contributed by atoms with Crippen molar-refractivity contribution in [3.8, 4) is 39.5 Å². The fraction of sp³-hybridized carbons (Fsp3) is 0. The Morgan fingerprint density at radius 3 is 1.77 bits per heavy atom. The molecule has 0 saturated carbocycles. The van der Waals surface area contributed by atoms with Gasteiger partial charge in [-0.15, -0.1) is 0 Å². The van der Waals surface area contributed by atoms with Gasteiger partial charge in [-0.2, -0.15) is 0 Å². The van der Waals surface area contributed by atoms with Gasteiger partial charge in [-0.05, 0) is 92.3 Å².